The quantitative estimate of drug-likeness (QED) is 0.429. The van der Waals surface area contributed by atoms with Gasteiger partial charge in [-0.15, -0.1) is 0 Å². The molecule has 0 saturated carbocycles. The molecule has 82 valence electrons. The standard InChI is InChI=1S/C9H13N3O2S/c1-12(2)15(14)8-5-3-7(4-6-8)9(13)11-10/h3-6H,10H2,1-2H3,(H,11,13). The number of hydrazine groups is 1. The molecule has 5 nitrogen and oxygen atoms in total. The van der Waals surface area contributed by atoms with E-state index in [1.165, 1.54) is 0 Å². The highest BCUT2D eigenvalue weighted by Crippen LogP contribution is 2.09. The average molecular weight is 227 g/mol. The second kappa shape index (κ2) is 5.01. The molecule has 0 heterocycles. The van der Waals surface area contributed by atoms with Crippen LogP contribution < -0.4 is 11.3 Å². The number of carbonyl (C=O) groups is 1. The van der Waals surface area contributed by atoms with Crippen LogP contribution in [0.4, 0.5) is 0 Å². The summed E-state index contributed by atoms with van der Waals surface area (Å²) in [6.45, 7) is 0. The minimum atomic E-state index is -1.19. The highest BCUT2D eigenvalue weighted by Gasteiger charge is 2.08. The van der Waals surface area contributed by atoms with Crippen molar-refractivity contribution in [2.45, 2.75) is 4.90 Å². The Morgan fingerprint density at radius 2 is 1.87 bits per heavy atom. The highest BCUT2D eigenvalue weighted by molar-refractivity contribution is 7.82. The molecule has 1 atom stereocenters. The molecule has 1 amide bonds. The summed E-state index contributed by atoms with van der Waals surface area (Å²) in [7, 11) is 2.25. The molecule has 0 fully saturated rings. The molecule has 1 aromatic rings. The van der Waals surface area contributed by atoms with Gasteiger partial charge < -0.3 is 0 Å². The van der Waals surface area contributed by atoms with Crippen LogP contribution in [0.1, 0.15) is 10.4 Å². The first-order valence-electron chi connectivity index (χ1n) is 4.26. The number of hydrogen-bond acceptors (Lipinski definition) is 3. The van der Waals surface area contributed by atoms with Gasteiger partial charge in [-0.1, -0.05) is 0 Å². The number of hydrogen-bond donors (Lipinski definition) is 2. The SMILES string of the molecule is CN(C)S(=O)c1ccc(C(=O)NN)cc1. The number of amides is 1. The van der Waals surface area contributed by atoms with Crippen LogP contribution in [0.25, 0.3) is 0 Å². The minimum absolute atomic E-state index is 0.364. The van der Waals surface area contributed by atoms with Crippen molar-refractivity contribution in [3.8, 4) is 0 Å². The van der Waals surface area contributed by atoms with E-state index in [0.29, 0.717) is 10.5 Å². The number of rotatable bonds is 3. The molecule has 0 radical (unpaired) electrons. The summed E-state index contributed by atoms with van der Waals surface area (Å²) in [5.41, 5.74) is 2.47. The van der Waals surface area contributed by atoms with Crippen LogP contribution in [0.3, 0.4) is 0 Å². The lowest BCUT2D eigenvalue weighted by molar-refractivity contribution is 0.0953. The molecule has 0 aliphatic heterocycles. The van der Waals surface area contributed by atoms with E-state index >= 15 is 0 Å². The fraction of sp³-hybridized carbons (Fsp3) is 0.222. The molecule has 6 heteroatoms. The molecule has 0 aromatic heterocycles. The van der Waals surface area contributed by atoms with Gasteiger partial charge in [0.1, 0.15) is 11.0 Å². The fourth-order valence-electron chi connectivity index (χ4n) is 1.02. The fourth-order valence-corrected chi connectivity index (χ4v) is 1.81. The molecular weight excluding hydrogens is 214 g/mol. The first-order valence-corrected chi connectivity index (χ1v) is 5.37. The lowest BCUT2D eigenvalue weighted by atomic mass is 10.2. The Balaban J connectivity index is 2.90. The molecule has 1 unspecified atom stereocenters. The maximum absolute atomic E-state index is 11.6. The van der Waals surface area contributed by atoms with Crippen molar-refractivity contribution >= 4 is 16.9 Å². The van der Waals surface area contributed by atoms with Gasteiger partial charge in [0.05, 0.1) is 4.90 Å². The number of benzene rings is 1. The maximum Gasteiger partial charge on any atom is 0.265 e. The molecule has 3 N–H and O–H groups in total. The molecule has 1 rings (SSSR count). The van der Waals surface area contributed by atoms with Crippen LogP contribution in [0.2, 0.25) is 0 Å². The van der Waals surface area contributed by atoms with Crippen LogP contribution >= 0.6 is 0 Å². The van der Waals surface area contributed by atoms with Gasteiger partial charge in [0.2, 0.25) is 0 Å². The van der Waals surface area contributed by atoms with Gasteiger partial charge in [0.15, 0.2) is 0 Å². The zero-order valence-corrected chi connectivity index (χ0v) is 9.38. The third kappa shape index (κ3) is 2.85. The van der Waals surface area contributed by atoms with Crippen molar-refractivity contribution in [1.29, 1.82) is 0 Å². The monoisotopic (exact) mass is 227 g/mol. The van der Waals surface area contributed by atoms with E-state index in [9.17, 15) is 9.00 Å². The normalized spacial score (nSPS) is 12.5. The van der Waals surface area contributed by atoms with Crippen molar-refractivity contribution in [3.05, 3.63) is 29.8 Å². The molecular formula is C9H13N3O2S. The van der Waals surface area contributed by atoms with E-state index in [1.54, 1.807) is 42.7 Å². The maximum atomic E-state index is 11.6. The first-order chi connectivity index (χ1) is 7.06. The molecule has 0 aliphatic carbocycles. The van der Waals surface area contributed by atoms with Gasteiger partial charge >= 0.3 is 0 Å². The Labute approximate surface area is 90.8 Å². The lowest BCUT2D eigenvalue weighted by Gasteiger charge is -2.09. The van der Waals surface area contributed by atoms with Crippen LogP contribution in [-0.4, -0.2) is 28.5 Å². The van der Waals surface area contributed by atoms with Crippen molar-refractivity contribution < 1.29 is 9.00 Å². The van der Waals surface area contributed by atoms with Crippen molar-refractivity contribution in [3.63, 3.8) is 0 Å². The minimum Gasteiger partial charge on any atom is -0.290 e. The second-order valence-corrected chi connectivity index (χ2v) is 4.76. The lowest BCUT2D eigenvalue weighted by Crippen LogP contribution is -2.29. The molecule has 15 heavy (non-hydrogen) atoms. The summed E-state index contributed by atoms with van der Waals surface area (Å²) in [5, 5.41) is 0. The van der Waals surface area contributed by atoms with Crippen molar-refractivity contribution in [1.82, 2.24) is 9.73 Å². The van der Waals surface area contributed by atoms with Gasteiger partial charge in [0.25, 0.3) is 5.91 Å². The zero-order chi connectivity index (χ0) is 11.4. The molecule has 0 aliphatic rings. The Bertz CT molecular complexity index is 375. The molecule has 0 spiro atoms. The van der Waals surface area contributed by atoms with Gasteiger partial charge in [-0.2, -0.15) is 0 Å². The number of nitrogens with one attached hydrogen (secondary N) is 1. The Morgan fingerprint density at radius 3 is 2.27 bits per heavy atom. The van der Waals surface area contributed by atoms with Crippen LogP contribution in [0.15, 0.2) is 29.2 Å². The Morgan fingerprint density at radius 1 is 1.33 bits per heavy atom. The molecule has 1 aromatic carbocycles. The van der Waals surface area contributed by atoms with E-state index in [-0.39, 0.29) is 5.91 Å². The highest BCUT2D eigenvalue weighted by atomic mass is 32.2. The Hall–Kier alpha value is -1.24. The van der Waals surface area contributed by atoms with Gasteiger partial charge in [-0.25, -0.2) is 14.4 Å². The predicted octanol–water partition coefficient (Wildman–Crippen LogP) is -0.126. The topological polar surface area (TPSA) is 75.4 Å². The molecule has 0 saturated heterocycles. The van der Waals surface area contributed by atoms with Gasteiger partial charge in [-0.05, 0) is 38.4 Å². The summed E-state index contributed by atoms with van der Waals surface area (Å²) in [6, 6.07) is 6.44. The van der Waals surface area contributed by atoms with E-state index in [1.807, 2.05) is 5.43 Å². The summed E-state index contributed by atoms with van der Waals surface area (Å²) in [5.74, 6) is 4.62. The number of nitrogen functional groups attached to an aromatic ring is 1. The Kier molecular flexibility index (Phi) is 3.96. The van der Waals surface area contributed by atoms with Crippen LogP contribution in [-0.2, 0) is 11.0 Å². The summed E-state index contributed by atoms with van der Waals surface area (Å²) < 4.78 is 13.2. The van der Waals surface area contributed by atoms with E-state index in [2.05, 4.69) is 0 Å². The first kappa shape index (κ1) is 11.8. The van der Waals surface area contributed by atoms with Gasteiger partial charge in [0, 0.05) is 5.56 Å². The molecule has 0 bridgehead atoms. The number of nitrogens with zero attached hydrogens (tertiary/aromatic N) is 1. The predicted molar refractivity (Wildman–Crippen MR) is 58.2 cm³/mol. The van der Waals surface area contributed by atoms with Crippen molar-refractivity contribution in [2.24, 2.45) is 5.84 Å². The summed E-state index contributed by atoms with van der Waals surface area (Å²) >= 11 is 0. The number of carbonyl (C=O) groups excluding carboxylic acids is 1. The summed E-state index contributed by atoms with van der Waals surface area (Å²) in [6.07, 6.45) is 0. The largest absolute Gasteiger partial charge is 0.290 e. The zero-order valence-electron chi connectivity index (χ0n) is 8.56. The smallest absolute Gasteiger partial charge is 0.265 e. The van der Waals surface area contributed by atoms with E-state index in [0.717, 1.165) is 0 Å². The summed E-state index contributed by atoms with van der Waals surface area (Å²) in [4.78, 5) is 11.8. The van der Waals surface area contributed by atoms with E-state index in [4.69, 9.17) is 5.84 Å². The number of nitrogens with two attached hydrogens (primary N) is 1. The third-order valence-corrected chi connectivity index (χ3v) is 3.12. The van der Waals surface area contributed by atoms with Crippen LogP contribution in [0.5, 0.6) is 0 Å². The average Bonchev–Trinajstić information content (AvgIpc) is 2.27. The second-order valence-electron chi connectivity index (χ2n) is 3.06. The van der Waals surface area contributed by atoms with Crippen LogP contribution in [0, 0.1) is 0 Å². The third-order valence-electron chi connectivity index (χ3n) is 1.78. The van der Waals surface area contributed by atoms with Crippen molar-refractivity contribution in [2.75, 3.05) is 14.1 Å². The van der Waals surface area contributed by atoms with Gasteiger partial charge in [-0.3, -0.25) is 10.2 Å². The van der Waals surface area contributed by atoms with E-state index < -0.39 is 11.0 Å².